The number of hydrogen-bond acceptors (Lipinski definition) is 0. The van der Waals surface area contributed by atoms with Crippen molar-refractivity contribution in [1.29, 1.82) is 0 Å². The predicted molar refractivity (Wildman–Crippen MR) is 293 cm³/mol. The largest absolute Gasteiger partial charge is 0.0842 e. The summed E-state index contributed by atoms with van der Waals surface area (Å²) in [6, 6.07) is 56.9. The lowest BCUT2D eigenvalue weighted by Gasteiger charge is -2.37. The van der Waals surface area contributed by atoms with E-state index in [9.17, 15) is 0 Å². The molecule has 0 aromatic heterocycles. The molecule has 0 spiro atoms. The molecule has 0 radical (unpaired) electrons. The second-order valence-electron chi connectivity index (χ2n) is 19.9. The second kappa shape index (κ2) is 17.5. The van der Waals surface area contributed by atoms with Gasteiger partial charge in [-0.15, -0.1) is 0 Å². The van der Waals surface area contributed by atoms with Gasteiger partial charge in [-0.25, -0.2) is 0 Å². The highest BCUT2D eigenvalue weighted by molar-refractivity contribution is 6.19. The fourth-order valence-electron chi connectivity index (χ4n) is 12.9. The van der Waals surface area contributed by atoms with Gasteiger partial charge in [-0.05, 0) is 174 Å². The Hall–Kier alpha value is -7.54. The van der Waals surface area contributed by atoms with Gasteiger partial charge in [-0.2, -0.15) is 0 Å². The van der Waals surface area contributed by atoms with Crippen LogP contribution in [0.15, 0.2) is 258 Å². The van der Waals surface area contributed by atoms with E-state index in [1.165, 1.54) is 130 Å². The van der Waals surface area contributed by atoms with E-state index < -0.39 is 0 Å². The maximum absolute atomic E-state index is 2.48. The Morgan fingerprint density at radius 2 is 0.971 bits per heavy atom. The van der Waals surface area contributed by atoms with E-state index in [4.69, 9.17) is 0 Å². The SMILES string of the molecule is C1=CC2=CC=C(C3=CC=C(C=Cc4ccc(-c5c6ccccc6c(C6=CC=C(C7=CC=C(C8(c9ccccc9)c9ccccc9-c9ccccc98)CC7)CC6)c6ccccc56)cc4)CC3)CC2CC1. The van der Waals surface area contributed by atoms with Crippen LogP contribution in [0.4, 0.5) is 0 Å². The third-order valence-electron chi connectivity index (χ3n) is 16.3. The first-order valence-corrected chi connectivity index (χ1v) is 25.5. The fraction of sp³-hybridized carbons (Fsp3) is 0.159. The van der Waals surface area contributed by atoms with Crippen molar-refractivity contribution in [2.75, 3.05) is 0 Å². The molecule has 0 heteroatoms. The second-order valence-corrected chi connectivity index (χ2v) is 19.9. The van der Waals surface area contributed by atoms with Gasteiger partial charge in [0.2, 0.25) is 0 Å². The van der Waals surface area contributed by atoms with Crippen LogP contribution in [-0.4, -0.2) is 0 Å². The maximum Gasteiger partial charge on any atom is 0.0676 e. The van der Waals surface area contributed by atoms with E-state index >= 15 is 0 Å². The summed E-state index contributed by atoms with van der Waals surface area (Å²) in [6.45, 7) is 0. The minimum Gasteiger partial charge on any atom is -0.0842 e. The molecule has 0 heterocycles. The molecule has 0 amide bonds. The summed E-state index contributed by atoms with van der Waals surface area (Å²) in [6.07, 6.45) is 38.6. The molecule has 6 aliphatic carbocycles. The lowest BCUT2D eigenvalue weighted by Crippen LogP contribution is -2.30. The molecule has 0 saturated heterocycles. The molecule has 0 aliphatic heterocycles. The van der Waals surface area contributed by atoms with Crippen molar-refractivity contribution in [3.8, 4) is 22.3 Å². The third kappa shape index (κ3) is 7.20. The number of allylic oxidation sites excluding steroid dienone is 19. The van der Waals surface area contributed by atoms with Crippen LogP contribution in [-0.2, 0) is 5.41 Å². The Balaban J connectivity index is 0.792. The minimum atomic E-state index is -0.295. The number of hydrogen-bond donors (Lipinski definition) is 0. The highest BCUT2D eigenvalue weighted by atomic mass is 14.5. The van der Waals surface area contributed by atoms with Gasteiger partial charge in [0.15, 0.2) is 0 Å². The van der Waals surface area contributed by atoms with Crippen molar-refractivity contribution < 1.29 is 0 Å². The zero-order chi connectivity index (χ0) is 45.7. The lowest BCUT2D eigenvalue weighted by molar-refractivity contribution is 0.552. The monoisotopic (exact) mass is 884 g/mol. The highest BCUT2D eigenvalue weighted by Gasteiger charge is 2.47. The molecule has 0 bridgehead atoms. The van der Waals surface area contributed by atoms with Crippen LogP contribution < -0.4 is 0 Å². The minimum absolute atomic E-state index is 0.295. The van der Waals surface area contributed by atoms with Gasteiger partial charge in [0.1, 0.15) is 0 Å². The molecule has 0 nitrogen and oxygen atoms in total. The fourth-order valence-corrected chi connectivity index (χ4v) is 12.9. The van der Waals surface area contributed by atoms with Crippen LogP contribution in [0.5, 0.6) is 0 Å². The van der Waals surface area contributed by atoms with Crippen LogP contribution in [0, 0.1) is 5.92 Å². The Morgan fingerprint density at radius 3 is 1.61 bits per heavy atom. The number of fused-ring (bicyclic) bond motifs is 6. The van der Waals surface area contributed by atoms with Gasteiger partial charge in [0, 0.05) is 0 Å². The van der Waals surface area contributed by atoms with Crippen molar-refractivity contribution in [1.82, 2.24) is 0 Å². The molecule has 7 aromatic rings. The summed E-state index contributed by atoms with van der Waals surface area (Å²) in [7, 11) is 0. The zero-order valence-electron chi connectivity index (χ0n) is 39.3. The average molecular weight is 885 g/mol. The van der Waals surface area contributed by atoms with Gasteiger partial charge in [-0.3, -0.25) is 0 Å². The summed E-state index contributed by atoms with van der Waals surface area (Å²) in [5.41, 5.74) is 23.6. The molecule has 69 heavy (non-hydrogen) atoms. The summed E-state index contributed by atoms with van der Waals surface area (Å²) in [5.74, 6) is 0.701. The number of benzene rings is 7. The predicted octanol–water partition coefficient (Wildman–Crippen LogP) is 18.3. The van der Waals surface area contributed by atoms with Gasteiger partial charge in [0.25, 0.3) is 0 Å². The van der Waals surface area contributed by atoms with Crippen LogP contribution in [0.1, 0.15) is 85.6 Å². The molecular formula is C69H56. The molecular weight excluding hydrogens is 829 g/mol. The van der Waals surface area contributed by atoms with Crippen molar-refractivity contribution in [2.24, 2.45) is 5.92 Å². The van der Waals surface area contributed by atoms with Gasteiger partial charge in [-0.1, -0.05) is 230 Å². The standard InChI is InChI=1S/C69H56/c1-2-16-57(17-3-1)69(65-24-12-10-18-59(65)60-19-11-13-25-66(60)69)58-44-42-51(43-45-58)50-36-39-54(40-37-50)68-63-22-8-6-20-61(63)67(62-21-7-9-23-64(62)68)53-34-30-48(31-35-53)27-26-47-28-32-52(33-29-47)56-41-38-49-14-4-5-15-55(49)46-56/h1-4,6-14,16-28,30-32,34-36,38-39,41-42,44,55H,5,15,29,33,37,40,43,45-46H2. The molecule has 1 unspecified atom stereocenters. The van der Waals surface area contributed by atoms with Crippen LogP contribution >= 0.6 is 0 Å². The van der Waals surface area contributed by atoms with Gasteiger partial charge >= 0.3 is 0 Å². The van der Waals surface area contributed by atoms with E-state index in [0.29, 0.717) is 5.92 Å². The summed E-state index contributed by atoms with van der Waals surface area (Å²) in [5, 5.41) is 5.29. The Labute approximate surface area is 407 Å². The molecule has 332 valence electrons. The quantitative estimate of drug-likeness (QED) is 0.133. The first-order chi connectivity index (χ1) is 34.2. The zero-order valence-corrected chi connectivity index (χ0v) is 39.3. The molecule has 13 rings (SSSR count). The van der Waals surface area contributed by atoms with Crippen molar-refractivity contribution in [3.63, 3.8) is 0 Å². The summed E-state index contributed by atoms with van der Waals surface area (Å²) in [4.78, 5) is 0. The van der Waals surface area contributed by atoms with Crippen molar-refractivity contribution in [2.45, 2.75) is 63.2 Å². The molecule has 0 fully saturated rings. The summed E-state index contributed by atoms with van der Waals surface area (Å²) >= 11 is 0. The smallest absolute Gasteiger partial charge is 0.0676 e. The topological polar surface area (TPSA) is 0 Å². The van der Waals surface area contributed by atoms with Crippen LogP contribution in [0.2, 0.25) is 0 Å². The van der Waals surface area contributed by atoms with Crippen LogP contribution in [0.25, 0.3) is 55.4 Å². The average Bonchev–Trinajstić information content (AvgIpc) is 3.73. The first-order valence-electron chi connectivity index (χ1n) is 25.5. The normalized spacial score (nSPS) is 19.3. The highest BCUT2D eigenvalue weighted by Crippen LogP contribution is 2.58. The van der Waals surface area contributed by atoms with Crippen molar-refractivity contribution in [3.05, 3.63) is 285 Å². The van der Waals surface area contributed by atoms with E-state index in [1.54, 1.807) is 5.57 Å². The molecule has 1 atom stereocenters. The molecule has 0 N–H and O–H groups in total. The van der Waals surface area contributed by atoms with Crippen molar-refractivity contribution >= 4 is 33.2 Å². The lowest BCUT2D eigenvalue weighted by atomic mass is 9.65. The van der Waals surface area contributed by atoms with E-state index in [1.807, 2.05) is 0 Å². The van der Waals surface area contributed by atoms with E-state index in [0.717, 1.165) is 38.5 Å². The third-order valence-corrected chi connectivity index (χ3v) is 16.3. The molecule has 6 aliphatic rings. The van der Waals surface area contributed by atoms with E-state index in [-0.39, 0.29) is 5.41 Å². The number of rotatable bonds is 8. The van der Waals surface area contributed by atoms with E-state index in [2.05, 4.69) is 225 Å². The Kier molecular flexibility index (Phi) is 10.6. The first kappa shape index (κ1) is 41.6. The Bertz CT molecular complexity index is 3440. The van der Waals surface area contributed by atoms with Crippen LogP contribution in [0.3, 0.4) is 0 Å². The molecule has 0 saturated carbocycles. The molecule has 7 aromatic carbocycles. The Morgan fingerprint density at radius 1 is 0.420 bits per heavy atom. The maximum atomic E-state index is 2.48. The van der Waals surface area contributed by atoms with Gasteiger partial charge < -0.3 is 0 Å². The summed E-state index contributed by atoms with van der Waals surface area (Å²) < 4.78 is 0. The van der Waals surface area contributed by atoms with Gasteiger partial charge in [0.05, 0.1) is 5.41 Å².